The number of halogens is 1. The third-order valence-corrected chi connectivity index (χ3v) is 5.58. The Morgan fingerprint density at radius 2 is 2.14 bits per heavy atom. The van der Waals surface area contributed by atoms with Crippen molar-refractivity contribution in [2.24, 2.45) is 0 Å². The van der Waals surface area contributed by atoms with Gasteiger partial charge in [-0.3, -0.25) is 9.69 Å². The topological polar surface area (TPSA) is 58.4 Å². The van der Waals surface area contributed by atoms with E-state index in [1.165, 1.54) is 32.1 Å². The largest absolute Gasteiger partial charge is 0.441 e. The van der Waals surface area contributed by atoms with E-state index in [4.69, 9.17) is 16.0 Å². The molecule has 1 aliphatic heterocycles. The SMILES string of the molecule is CCCCN1CCCCC1CNC(=O)CCc1ncc(-c2ccc(Cl)cc2)o1. The molecule has 1 unspecified atom stereocenters. The number of carbonyl (C=O) groups excluding carboxylic acids is 1. The maximum absolute atomic E-state index is 12.3. The molecule has 1 saturated heterocycles. The van der Waals surface area contributed by atoms with Crippen LogP contribution in [-0.2, 0) is 11.2 Å². The summed E-state index contributed by atoms with van der Waals surface area (Å²) in [4.78, 5) is 19.1. The average Bonchev–Trinajstić information content (AvgIpc) is 3.19. The van der Waals surface area contributed by atoms with Crippen molar-refractivity contribution >= 4 is 17.5 Å². The first kappa shape index (κ1) is 20.9. The van der Waals surface area contributed by atoms with Crippen molar-refractivity contribution in [1.29, 1.82) is 0 Å². The molecule has 1 aliphatic rings. The van der Waals surface area contributed by atoms with Crippen molar-refractivity contribution < 1.29 is 9.21 Å². The molecule has 6 heteroatoms. The summed E-state index contributed by atoms with van der Waals surface area (Å²) >= 11 is 5.91. The summed E-state index contributed by atoms with van der Waals surface area (Å²) in [5.41, 5.74) is 0.928. The first-order valence-corrected chi connectivity index (χ1v) is 10.7. The lowest BCUT2D eigenvalue weighted by Crippen LogP contribution is -2.47. The van der Waals surface area contributed by atoms with Gasteiger partial charge in [0.15, 0.2) is 11.7 Å². The van der Waals surface area contributed by atoms with E-state index in [-0.39, 0.29) is 5.91 Å². The van der Waals surface area contributed by atoms with E-state index in [0.29, 0.717) is 35.6 Å². The van der Waals surface area contributed by atoms with Crippen LogP contribution >= 0.6 is 11.6 Å². The Kier molecular flexibility index (Phi) is 7.92. The van der Waals surface area contributed by atoms with Gasteiger partial charge in [0.1, 0.15) is 0 Å². The minimum Gasteiger partial charge on any atom is -0.441 e. The minimum atomic E-state index is 0.0623. The van der Waals surface area contributed by atoms with Gasteiger partial charge in [-0.1, -0.05) is 31.4 Å². The maximum atomic E-state index is 12.3. The van der Waals surface area contributed by atoms with Gasteiger partial charge in [-0.25, -0.2) is 4.98 Å². The fourth-order valence-corrected chi connectivity index (χ4v) is 3.79. The fraction of sp³-hybridized carbons (Fsp3) is 0.545. The van der Waals surface area contributed by atoms with Crippen LogP contribution in [0.5, 0.6) is 0 Å². The zero-order valence-corrected chi connectivity index (χ0v) is 17.4. The molecule has 0 bridgehead atoms. The van der Waals surface area contributed by atoms with Gasteiger partial charge in [0.05, 0.1) is 6.20 Å². The Hall–Kier alpha value is -1.85. The number of benzene rings is 1. The number of rotatable bonds is 9. The number of hydrogen-bond acceptors (Lipinski definition) is 4. The second kappa shape index (κ2) is 10.6. The standard InChI is InChI=1S/C22H30ClN3O2/c1-2-3-13-26-14-5-4-6-19(26)15-24-21(27)11-12-22-25-16-20(28-22)17-7-9-18(23)10-8-17/h7-10,16,19H,2-6,11-15H2,1H3,(H,24,27). The predicted octanol–water partition coefficient (Wildman–Crippen LogP) is 4.70. The molecule has 1 amide bonds. The zero-order valence-electron chi connectivity index (χ0n) is 16.6. The number of likely N-dealkylation sites (tertiary alicyclic amines) is 1. The van der Waals surface area contributed by atoms with Crippen molar-refractivity contribution in [2.45, 2.75) is 57.9 Å². The second-order valence-electron chi connectivity index (χ2n) is 7.47. The van der Waals surface area contributed by atoms with E-state index in [1.807, 2.05) is 24.3 Å². The van der Waals surface area contributed by atoms with Crippen molar-refractivity contribution in [2.75, 3.05) is 19.6 Å². The highest BCUT2D eigenvalue weighted by Crippen LogP contribution is 2.22. The summed E-state index contributed by atoms with van der Waals surface area (Å²) in [6, 6.07) is 7.91. The number of oxazole rings is 1. The third kappa shape index (κ3) is 6.08. The molecule has 0 spiro atoms. The molecule has 28 heavy (non-hydrogen) atoms. The molecule has 0 radical (unpaired) electrons. The van der Waals surface area contributed by atoms with E-state index in [1.54, 1.807) is 6.20 Å². The van der Waals surface area contributed by atoms with Gasteiger partial charge in [0.25, 0.3) is 0 Å². The van der Waals surface area contributed by atoms with Gasteiger partial charge in [-0.05, 0) is 56.6 Å². The molecule has 1 aromatic heterocycles. The van der Waals surface area contributed by atoms with Crippen molar-refractivity contribution in [1.82, 2.24) is 15.2 Å². The molecule has 2 heterocycles. The highest BCUT2D eigenvalue weighted by atomic mass is 35.5. The van der Waals surface area contributed by atoms with Gasteiger partial charge in [0, 0.05) is 36.0 Å². The van der Waals surface area contributed by atoms with Crippen molar-refractivity contribution in [3.63, 3.8) is 0 Å². The normalized spacial score (nSPS) is 17.6. The molecule has 1 N–H and O–H groups in total. The van der Waals surface area contributed by atoms with Crippen LogP contribution in [0.25, 0.3) is 11.3 Å². The van der Waals surface area contributed by atoms with Crippen LogP contribution in [0.1, 0.15) is 51.3 Å². The summed E-state index contributed by atoms with van der Waals surface area (Å²) in [6.45, 7) is 5.26. The average molecular weight is 404 g/mol. The van der Waals surface area contributed by atoms with E-state index in [0.717, 1.165) is 25.2 Å². The highest BCUT2D eigenvalue weighted by Gasteiger charge is 2.22. The minimum absolute atomic E-state index is 0.0623. The first-order valence-electron chi connectivity index (χ1n) is 10.4. The van der Waals surface area contributed by atoms with Gasteiger partial charge in [-0.15, -0.1) is 0 Å². The molecule has 1 aromatic carbocycles. The van der Waals surface area contributed by atoms with Gasteiger partial charge in [0.2, 0.25) is 5.91 Å². The summed E-state index contributed by atoms with van der Waals surface area (Å²) in [5.74, 6) is 1.34. The Labute approximate surface area is 172 Å². The van der Waals surface area contributed by atoms with Crippen LogP contribution < -0.4 is 5.32 Å². The molecular formula is C22H30ClN3O2. The summed E-state index contributed by atoms with van der Waals surface area (Å²) in [5, 5.41) is 3.80. The number of nitrogens with zero attached hydrogens (tertiary/aromatic N) is 2. The highest BCUT2D eigenvalue weighted by molar-refractivity contribution is 6.30. The van der Waals surface area contributed by atoms with E-state index in [9.17, 15) is 4.79 Å². The predicted molar refractivity (Wildman–Crippen MR) is 112 cm³/mol. The molecule has 2 aromatic rings. The second-order valence-corrected chi connectivity index (χ2v) is 7.90. The number of nitrogens with one attached hydrogen (secondary N) is 1. The molecular weight excluding hydrogens is 374 g/mol. The monoisotopic (exact) mass is 403 g/mol. The summed E-state index contributed by atoms with van der Waals surface area (Å²) in [7, 11) is 0. The Morgan fingerprint density at radius 3 is 2.93 bits per heavy atom. The quantitative estimate of drug-likeness (QED) is 0.659. The van der Waals surface area contributed by atoms with Crippen LogP contribution in [0.2, 0.25) is 5.02 Å². The molecule has 3 rings (SSSR count). The number of unbranched alkanes of at least 4 members (excludes halogenated alkanes) is 1. The lowest BCUT2D eigenvalue weighted by molar-refractivity contribution is -0.121. The van der Waals surface area contributed by atoms with E-state index in [2.05, 4.69) is 22.1 Å². The first-order chi connectivity index (χ1) is 13.7. The number of aryl methyl sites for hydroxylation is 1. The molecule has 5 nitrogen and oxygen atoms in total. The van der Waals surface area contributed by atoms with Crippen LogP contribution in [0, 0.1) is 0 Å². The zero-order chi connectivity index (χ0) is 19.8. The maximum Gasteiger partial charge on any atom is 0.220 e. The Morgan fingerprint density at radius 1 is 1.32 bits per heavy atom. The number of piperidine rings is 1. The molecule has 0 saturated carbocycles. The lowest BCUT2D eigenvalue weighted by atomic mass is 10.0. The number of hydrogen-bond donors (Lipinski definition) is 1. The molecule has 152 valence electrons. The van der Waals surface area contributed by atoms with Crippen LogP contribution in [0.15, 0.2) is 34.9 Å². The third-order valence-electron chi connectivity index (χ3n) is 5.33. The van der Waals surface area contributed by atoms with Crippen LogP contribution in [0.3, 0.4) is 0 Å². The molecule has 1 fully saturated rings. The van der Waals surface area contributed by atoms with Gasteiger partial charge < -0.3 is 9.73 Å². The fourth-order valence-electron chi connectivity index (χ4n) is 3.66. The van der Waals surface area contributed by atoms with E-state index < -0.39 is 0 Å². The number of amides is 1. The van der Waals surface area contributed by atoms with Gasteiger partial charge >= 0.3 is 0 Å². The number of aromatic nitrogens is 1. The summed E-state index contributed by atoms with van der Waals surface area (Å²) in [6.07, 6.45) is 8.74. The Bertz CT molecular complexity index is 744. The molecule has 0 aliphatic carbocycles. The smallest absolute Gasteiger partial charge is 0.220 e. The van der Waals surface area contributed by atoms with Gasteiger partial charge in [-0.2, -0.15) is 0 Å². The van der Waals surface area contributed by atoms with Crippen LogP contribution in [-0.4, -0.2) is 41.5 Å². The van der Waals surface area contributed by atoms with Crippen LogP contribution in [0.4, 0.5) is 0 Å². The van der Waals surface area contributed by atoms with E-state index >= 15 is 0 Å². The lowest BCUT2D eigenvalue weighted by Gasteiger charge is -2.35. The summed E-state index contributed by atoms with van der Waals surface area (Å²) < 4.78 is 5.77. The number of carbonyl (C=O) groups is 1. The van der Waals surface area contributed by atoms with Crippen molar-refractivity contribution in [3.05, 3.63) is 41.4 Å². The molecule has 1 atom stereocenters. The van der Waals surface area contributed by atoms with Crippen molar-refractivity contribution in [3.8, 4) is 11.3 Å². The Balaban J connectivity index is 1.43.